The summed E-state index contributed by atoms with van der Waals surface area (Å²) in [4.78, 5) is 7.44. The van der Waals surface area contributed by atoms with Crippen molar-refractivity contribution in [2.45, 2.75) is 56.1 Å². The Morgan fingerprint density at radius 3 is 2.14 bits per heavy atom. The van der Waals surface area contributed by atoms with Gasteiger partial charge in [-0.05, 0) is 51.5 Å². The van der Waals surface area contributed by atoms with Gasteiger partial charge in [0.25, 0.3) is 0 Å². The Kier molecular flexibility index (Phi) is 7.21. The monoisotopic (exact) mass is 418 g/mol. The van der Waals surface area contributed by atoms with Gasteiger partial charge in [0.1, 0.15) is 0 Å². The second-order valence-electron chi connectivity index (χ2n) is 7.34. The Morgan fingerprint density at radius 1 is 0.893 bits per heavy atom. The molecule has 6 heteroatoms. The number of hydrogen-bond donors (Lipinski definition) is 0. The molecule has 0 saturated carbocycles. The van der Waals surface area contributed by atoms with Crippen LogP contribution in [0.4, 0.5) is 0 Å². The first-order valence-electron chi connectivity index (χ1n) is 9.24. The molecule has 0 aliphatic heterocycles. The standard InChI is InChI=1S/C22H26N2O2S.ClH/c1-16(2)24(17(3)4)15-19-10-8-9-18-13-21(14-23-22(18)19)27(25,26)20-11-6-5-7-12-20;/h5-14,16-17H,15H2,1-4H3;1H. The molecule has 0 N–H and O–H groups in total. The summed E-state index contributed by atoms with van der Waals surface area (Å²) in [6.07, 6.45) is 1.48. The van der Waals surface area contributed by atoms with E-state index < -0.39 is 9.84 Å². The number of nitrogens with zero attached hydrogens (tertiary/aromatic N) is 2. The van der Waals surface area contributed by atoms with E-state index in [0.29, 0.717) is 12.1 Å². The summed E-state index contributed by atoms with van der Waals surface area (Å²) >= 11 is 0. The van der Waals surface area contributed by atoms with Crippen LogP contribution in [0.2, 0.25) is 0 Å². The van der Waals surface area contributed by atoms with E-state index in [1.807, 2.05) is 12.1 Å². The molecule has 3 rings (SSSR count). The number of sulfone groups is 1. The number of rotatable bonds is 6. The number of fused-ring (bicyclic) bond motifs is 1. The van der Waals surface area contributed by atoms with Crippen LogP contribution in [0.3, 0.4) is 0 Å². The summed E-state index contributed by atoms with van der Waals surface area (Å²) in [5.41, 5.74) is 1.97. The van der Waals surface area contributed by atoms with E-state index in [4.69, 9.17) is 0 Å². The van der Waals surface area contributed by atoms with Crippen molar-refractivity contribution >= 4 is 33.1 Å². The Bertz CT molecular complexity index is 1030. The number of benzene rings is 2. The van der Waals surface area contributed by atoms with E-state index in [9.17, 15) is 8.42 Å². The molecule has 0 unspecified atom stereocenters. The zero-order chi connectivity index (χ0) is 19.6. The molecule has 0 aliphatic rings. The third-order valence-electron chi connectivity index (χ3n) is 4.81. The summed E-state index contributed by atoms with van der Waals surface area (Å²) in [5.74, 6) is 0. The van der Waals surface area contributed by atoms with E-state index in [0.717, 1.165) is 23.0 Å². The highest BCUT2D eigenvalue weighted by atomic mass is 35.5. The van der Waals surface area contributed by atoms with E-state index >= 15 is 0 Å². The molecular weight excluding hydrogens is 392 g/mol. The minimum atomic E-state index is -3.57. The van der Waals surface area contributed by atoms with E-state index in [2.05, 4.69) is 43.6 Å². The second-order valence-corrected chi connectivity index (χ2v) is 9.29. The van der Waals surface area contributed by atoms with Crippen molar-refractivity contribution in [1.82, 2.24) is 9.88 Å². The minimum Gasteiger partial charge on any atom is -0.294 e. The Labute approximate surface area is 173 Å². The van der Waals surface area contributed by atoms with Gasteiger partial charge in [0.15, 0.2) is 0 Å². The Balaban J connectivity index is 0.00000280. The molecule has 3 aromatic rings. The van der Waals surface area contributed by atoms with Gasteiger partial charge in [-0.15, -0.1) is 12.4 Å². The largest absolute Gasteiger partial charge is 0.294 e. The Hall–Kier alpha value is -1.95. The highest BCUT2D eigenvalue weighted by Crippen LogP contribution is 2.26. The van der Waals surface area contributed by atoms with Crippen LogP contribution in [0.1, 0.15) is 33.3 Å². The molecule has 0 bridgehead atoms. The second kappa shape index (κ2) is 9.03. The molecule has 1 aromatic heterocycles. The van der Waals surface area contributed by atoms with E-state index in [1.54, 1.807) is 36.4 Å². The molecule has 0 atom stereocenters. The van der Waals surface area contributed by atoms with Crippen molar-refractivity contribution in [2.24, 2.45) is 0 Å². The first-order chi connectivity index (χ1) is 12.8. The maximum absolute atomic E-state index is 12.9. The topological polar surface area (TPSA) is 50.3 Å². The quantitative estimate of drug-likeness (QED) is 0.558. The van der Waals surface area contributed by atoms with Gasteiger partial charge >= 0.3 is 0 Å². The minimum absolute atomic E-state index is 0. The first-order valence-corrected chi connectivity index (χ1v) is 10.7. The van der Waals surface area contributed by atoms with Crippen LogP contribution in [0.25, 0.3) is 10.9 Å². The number of halogens is 1. The van der Waals surface area contributed by atoms with Crippen molar-refractivity contribution in [1.29, 1.82) is 0 Å². The van der Waals surface area contributed by atoms with Crippen molar-refractivity contribution in [3.63, 3.8) is 0 Å². The van der Waals surface area contributed by atoms with Gasteiger partial charge in [-0.3, -0.25) is 9.88 Å². The maximum Gasteiger partial charge on any atom is 0.208 e. The summed E-state index contributed by atoms with van der Waals surface area (Å²) in [6.45, 7) is 9.52. The van der Waals surface area contributed by atoms with Gasteiger partial charge in [0, 0.05) is 30.2 Å². The molecule has 0 fully saturated rings. The van der Waals surface area contributed by atoms with Gasteiger partial charge in [0.05, 0.1) is 15.3 Å². The Morgan fingerprint density at radius 2 is 1.54 bits per heavy atom. The molecule has 0 radical (unpaired) electrons. The lowest BCUT2D eigenvalue weighted by Gasteiger charge is -2.30. The zero-order valence-electron chi connectivity index (χ0n) is 16.7. The number of hydrogen-bond acceptors (Lipinski definition) is 4. The van der Waals surface area contributed by atoms with Gasteiger partial charge in [-0.2, -0.15) is 0 Å². The smallest absolute Gasteiger partial charge is 0.208 e. The number of pyridine rings is 1. The highest BCUT2D eigenvalue weighted by Gasteiger charge is 2.20. The molecular formula is C22H27ClN2O2S. The fourth-order valence-electron chi connectivity index (χ4n) is 3.37. The number of para-hydroxylation sites is 1. The predicted octanol–water partition coefficient (Wildman–Crippen LogP) is 5.11. The van der Waals surface area contributed by atoms with Gasteiger partial charge < -0.3 is 0 Å². The molecule has 150 valence electrons. The summed E-state index contributed by atoms with van der Waals surface area (Å²) in [5, 5.41) is 0.844. The van der Waals surface area contributed by atoms with Crippen LogP contribution in [0.5, 0.6) is 0 Å². The van der Waals surface area contributed by atoms with Crippen LogP contribution in [-0.2, 0) is 16.4 Å². The zero-order valence-corrected chi connectivity index (χ0v) is 18.3. The molecule has 1 heterocycles. The average molecular weight is 419 g/mol. The lowest BCUT2D eigenvalue weighted by atomic mass is 10.1. The third kappa shape index (κ3) is 4.54. The molecule has 28 heavy (non-hydrogen) atoms. The van der Waals surface area contributed by atoms with Gasteiger partial charge in [-0.1, -0.05) is 36.4 Å². The molecule has 4 nitrogen and oxygen atoms in total. The lowest BCUT2D eigenvalue weighted by Crippen LogP contribution is -2.36. The lowest BCUT2D eigenvalue weighted by molar-refractivity contribution is 0.166. The van der Waals surface area contributed by atoms with Crippen LogP contribution in [0, 0.1) is 0 Å². The molecule has 0 aliphatic carbocycles. The third-order valence-corrected chi connectivity index (χ3v) is 6.55. The van der Waals surface area contributed by atoms with Gasteiger partial charge in [0.2, 0.25) is 9.84 Å². The highest BCUT2D eigenvalue weighted by molar-refractivity contribution is 7.91. The normalized spacial score (nSPS) is 12.0. The summed E-state index contributed by atoms with van der Waals surface area (Å²) < 4.78 is 25.7. The van der Waals surface area contributed by atoms with Crippen molar-refractivity contribution in [3.8, 4) is 0 Å². The average Bonchev–Trinajstić information content (AvgIpc) is 2.65. The van der Waals surface area contributed by atoms with E-state index in [-0.39, 0.29) is 22.2 Å². The summed E-state index contributed by atoms with van der Waals surface area (Å²) in [7, 11) is -3.57. The predicted molar refractivity (Wildman–Crippen MR) is 117 cm³/mol. The molecule has 0 amide bonds. The maximum atomic E-state index is 12.9. The summed E-state index contributed by atoms with van der Waals surface area (Å²) in [6, 6.07) is 17.0. The first kappa shape index (κ1) is 22.3. The van der Waals surface area contributed by atoms with Crippen LogP contribution in [-0.4, -0.2) is 30.4 Å². The fraction of sp³-hybridized carbons (Fsp3) is 0.318. The van der Waals surface area contributed by atoms with Crippen molar-refractivity contribution < 1.29 is 8.42 Å². The SMILES string of the molecule is CC(C)N(Cc1cccc2cc(S(=O)(=O)c3ccccc3)cnc12)C(C)C.Cl. The molecule has 2 aromatic carbocycles. The molecule has 0 saturated heterocycles. The van der Waals surface area contributed by atoms with Crippen LogP contribution in [0.15, 0.2) is 70.6 Å². The van der Waals surface area contributed by atoms with Crippen molar-refractivity contribution in [2.75, 3.05) is 0 Å². The fourth-order valence-corrected chi connectivity index (χ4v) is 4.63. The van der Waals surface area contributed by atoms with Crippen LogP contribution >= 0.6 is 12.4 Å². The van der Waals surface area contributed by atoms with Crippen molar-refractivity contribution in [3.05, 3.63) is 66.4 Å². The van der Waals surface area contributed by atoms with E-state index in [1.165, 1.54) is 6.20 Å². The van der Waals surface area contributed by atoms with Crippen LogP contribution < -0.4 is 0 Å². The van der Waals surface area contributed by atoms with Gasteiger partial charge in [-0.25, -0.2) is 8.42 Å². The molecule has 0 spiro atoms. The number of aromatic nitrogens is 1.